The van der Waals surface area contributed by atoms with Crippen molar-refractivity contribution in [2.45, 2.75) is 50.7 Å². The summed E-state index contributed by atoms with van der Waals surface area (Å²) in [6, 6.07) is 7.21. The molecule has 2 N–H and O–H groups in total. The Bertz CT molecular complexity index is 475. The highest BCUT2D eigenvalue weighted by Crippen LogP contribution is 2.46. The highest BCUT2D eigenvalue weighted by molar-refractivity contribution is 5.39. The van der Waals surface area contributed by atoms with Crippen LogP contribution < -0.4 is 10.5 Å². The zero-order valence-electron chi connectivity index (χ0n) is 12.2. The molecule has 2 rings (SSSR count). The van der Waals surface area contributed by atoms with Gasteiger partial charge < -0.3 is 10.5 Å². The third-order valence-corrected chi connectivity index (χ3v) is 4.13. The van der Waals surface area contributed by atoms with E-state index in [0.29, 0.717) is 30.8 Å². The van der Waals surface area contributed by atoms with Crippen molar-refractivity contribution in [1.82, 2.24) is 0 Å². The van der Waals surface area contributed by atoms with E-state index in [1.807, 2.05) is 13.0 Å². The van der Waals surface area contributed by atoms with Crippen molar-refractivity contribution in [3.8, 4) is 5.75 Å². The third-order valence-electron chi connectivity index (χ3n) is 4.13. The van der Waals surface area contributed by atoms with E-state index in [-0.39, 0.29) is 12.8 Å². The molecule has 0 aromatic heterocycles. The molecule has 118 valence electrons. The molecule has 0 radical (unpaired) electrons. The first kappa shape index (κ1) is 16.1. The van der Waals surface area contributed by atoms with Gasteiger partial charge in [-0.15, -0.1) is 0 Å². The molecule has 0 amide bonds. The molecule has 0 spiro atoms. The van der Waals surface area contributed by atoms with Crippen molar-refractivity contribution in [3.05, 3.63) is 29.8 Å². The summed E-state index contributed by atoms with van der Waals surface area (Å²) in [5, 5.41) is 0. The van der Waals surface area contributed by atoms with Crippen LogP contribution >= 0.6 is 0 Å². The van der Waals surface area contributed by atoms with Crippen molar-refractivity contribution in [3.63, 3.8) is 0 Å². The van der Waals surface area contributed by atoms with Gasteiger partial charge in [-0.05, 0) is 31.7 Å². The molecule has 2 nitrogen and oxygen atoms in total. The SMILES string of the molecule is CCCOc1ccccc1C1(N)CCCC(C(F)(F)F)C1. The average Bonchev–Trinajstić information content (AvgIpc) is 2.44. The van der Waals surface area contributed by atoms with Gasteiger partial charge in [0.25, 0.3) is 0 Å². The number of alkyl halides is 3. The summed E-state index contributed by atoms with van der Waals surface area (Å²) < 4.78 is 44.7. The molecule has 1 aliphatic rings. The topological polar surface area (TPSA) is 35.2 Å². The molecular formula is C16H22F3NO. The van der Waals surface area contributed by atoms with Gasteiger partial charge in [-0.1, -0.05) is 31.5 Å². The van der Waals surface area contributed by atoms with Crippen LogP contribution in [0.15, 0.2) is 24.3 Å². The first-order chi connectivity index (χ1) is 9.87. The van der Waals surface area contributed by atoms with E-state index in [4.69, 9.17) is 10.5 Å². The Hall–Kier alpha value is -1.23. The highest BCUT2D eigenvalue weighted by Gasteiger charge is 2.47. The maximum absolute atomic E-state index is 13.0. The molecule has 21 heavy (non-hydrogen) atoms. The molecule has 2 unspecified atom stereocenters. The molecule has 0 aliphatic heterocycles. The first-order valence-corrected chi connectivity index (χ1v) is 7.45. The Morgan fingerprint density at radius 2 is 2.05 bits per heavy atom. The standard InChI is InChI=1S/C16H22F3NO/c1-2-10-21-14-8-4-3-7-13(14)15(20)9-5-6-12(11-15)16(17,18)19/h3-4,7-8,12H,2,5-6,9-11,20H2,1H3. The van der Waals surface area contributed by atoms with Crippen LogP contribution in [-0.2, 0) is 5.54 Å². The van der Waals surface area contributed by atoms with Gasteiger partial charge in [0.05, 0.1) is 12.5 Å². The second-order valence-electron chi connectivity index (χ2n) is 5.84. The fourth-order valence-corrected chi connectivity index (χ4v) is 3.05. The van der Waals surface area contributed by atoms with E-state index in [9.17, 15) is 13.2 Å². The van der Waals surface area contributed by atoms with Crippen molar-refractivity contribution < 1.29 is 17.9 Å². The Morgan fingerprint density at radius 1 is 1.33 bits per heavy atom. The maximum atomic E-state index is 13.0. The summed E-state index contributed by atoms with van der Waals surface area (Å²) in [4.78, 5) is 0. The van der Waals surface area contributed by atoms with E-state index in [2.05, 4.69) is 0 Å². The molecule has 1 aromatic carbocycles. The predicted octanol–water partition coefficient (Wildman–Crippen LogP) is 4.38. The van der Waals surface area contributed by atoms with Crippen molar-refractivity contribution in [1.29, 1.82) is 0 Å². The lowest BCUT2D eigenvalue weighted by atomic mass is 9.72. The zero-order chi connectivity index (χ0) is 15.5. The second-order valence-corrected chi connectivity index (χ2v) is 5.84. The Morgan fingerprint density at radius 3 is 2.71 bits per heavy atom. The van der Waals surface area contributed by atoms with Crippen molar-refractivity contribution in [2.75, 3.05) is 6.61 Å². The summed E-state index contributed by atoms with van der Waals surface area (Å²) in [5.41, 5.74) is 6.11. The van der Waals surface area contributed by atoms with Gasteiger partial charge in [-0.2, -0.15) is 13.2 Å². The summed E-state index contributed by atoms with van der Waals surface area (Å²) in [6.45, 7) is 2.52. The van der Waals surface area contributed by atoms with Crippen molar-refractivity contribution >= 4 is 0 Å². The van der Waals surface area contributed by atoms with Gasteiger partial charge in [0, 0.05) is 11.1 Å². The molecule has 1 aromatic rings. The van der Waals surface area contributed by atoms with Crippen LogP contribution in [0.4, 0.5) is 13.2 Å². The summed E-state index contributed by atoms with van der Waals surface area (Å²) >= 11 is 0. The molecule has 1 aliphatic carbocycles. The largest absolute Gasteiger partial charge is 0.493 e. The normalized spacial score (nSPS) is 26.6. The average molecular weight is 301 g/mol. The Kier molecular flexibility index (Phi) is 4.81. The molecule has 0 bridgehead atoms. The van der Waals surface area contributed by atoms with Crippen LogP contribution in [0.2, 0.25) is 0 Å². The minimum atomic E-state index is -4.18. The number of hydrogen-bond acceptors (Lipinski definition) is 2. The number of benzene rings is 1. The predicted molar refractivity (Wildman–Crippen MR) is 76.1 cm³/mol. The molecular weight excluding hydrogens is 279 g/mol. The number of hydrogen-bond donors (Lipinski definition) is 1. The number of rotatable bonds is 4. The lowest BCUT2D eigenvalue weighted by Gasteiger charge is -2.39. The van der Waals surface area contributed by atoms with Crippen LogP contribution in [0.3, 0.4) is 0 Å². The fraction of sp³-hybridized carbons (Fsp3) is 0.625. The minimum Gasteiger partial charge on any atom is -0.493 e. The van der Waals surface area contributed by atoms with E-state index < -0.39 is 17.6 Å². The number of halogens is 3. The van der Waals surface area contributed by atoms with Crippen molar-refractivity contribution in [2.24, 2.45) is 11.7 Å². The van der Waals surface area contributed by atoms with E-state index in [1.165, 1.54) is 0 Å². The van der Waals surface area contributed by atoms with Gasteiger partial charge in [-0.3, -0.25) is 0 Å². The van der Waals surface area contributed by atoms with Gasteiger partial charge in [-0.25, -0.2) is 0 Å². The van der Waals surface area contributed by atoms with Gasteiger partial charge >= 0.3 is 6.18 Å². The second kappa shape index (κ2) is 6.26. The molecule has 1 saturated carbocycles. The van der Waals surface area contributed by atoms with E-state index in [1.54, 1.807) is 18.2 Å². The fourth-order valence-electron chi connectivity index (χ4n) is 3.05. The third kappa shape index (κ3) is 3.70. The summed E-state index contributed by atoms with van der Waals surface area (Å²) in [7, 11) is 0. The molecule has 1 fully saturated rings. The number of nitrogens with two attached hydrogens (primary N) is 1. The smallest absolute Gasteiger partial charge is 0.391 e. The van der Waals surface area contributed by atoms with E-state index in [0.717, 1.165) is 6.42 Å². The lowest BCUT2D eigenvalue weighted by Crippen LogP contribution is -2.45. The summed E-state index contributed by atoms with van der Waals surface area (Å²) in [6.07, 6.45) is -2.18. The zero-order valence-corrected chi connectivity index (χ0v) is 12.2. The van der Waals surface area contributed by atoms with Crippen LogP contribution in [0.25, 0.3) is 0 Å². The monoisotopic (exact) mass is 301 g/mol. The van der Waals surface area contributed by atoms with Gasteiger partial charge in [0.15, 0.2) is 0 Å². The number of ether oxygens (including phenoxy) is 1. The van der Waals surface area contributed by atoms with Crippen LogP contribution in [0, 0.1) is 5.92 Å². The minimum absolute atomic E-state index is 0.0665. The summed E-state index contributed by atoms with van der Waals surface area (Å²) in [5.74, 6) is -0.708. The quantitative estimate of drug-likeness (QED) is 0.895. The van der Waals surface area contributed by atoms with Crippen LogP contribution in [0.1, 0.15) is 44.6 Å². The Labute approximate surface area is 123 Å². The molecule has 5 heteroatoms. The highest BCUT2D eigenvalue weighted by atomic mass is 19.4. The molecule has 0 saturated heterocycles. The van der Waals surface area contributed by atoms with Crippen LogP contribution in [-0.4, -0.2) is 12.8 Å². The van der Waals surface area contributed by atoms with E-state index >= 15 is 0 Å². The van der Waals surface area contributed by atoms with Gasteiger partial charge in [0.2, 0.25) is 0 Å². The first-order valence-electron chi connectivity index (χ1n) is 7.45. The maximum Gasteiger partial charge on any atom is 0.391 e. The molecule has 2 atom stereocenters. The van der Waals surface area contributed by atoms with Crippen LogP contribution in [0.5, 0.6) is 5.75 Å². The lowest BCUT2D eigenvalue weighted by molar-refractivity contribution is -0.187. The van der Waals surface area contributed by atoms with Gasteiger partial charge in [0.1, 0.15) is 5.75 Å². The molecule has 0 heterocycles. The Balaban J connectivity index is 2.27. The number of para-hydroxylation sites is 1.